The fraction of sp³-hybridized carbons (Fsp3) is 0.800. The molecule has 6 nitrogen and oxygen atoms in total. The fourth-order valence-electron chi connectivity index (χ4n) is 2.89. The Balaban J connectivity index is 1.62. The third kappa shape index (κ3) is 3.26. The highest BCUT2D eigenvalue weighted by molar-refractivity contribution is 5.72. The van der Waals surface area contributed by atoms with Gasteiger partial charge in [-0.05, 0) is 46.1 Å². The molecule has 2 aliphatic rings. The molecule has 2 atom stereocenters. The Morgan fingerprint density at radius 2 is 2.29 bits per heavy atom. The number of rotatable bonds is 5. The lowest BCUT2D eigenvalue weighted by Gasteiger charge is -2.34. The van der Waals surface area contributed by atoms with Crippen LogP contribution in [0.5, 0.6) is 0 Å². The first-order valence-electron chi connectivity index (χ1n) is 7.93. The summed E-state index contributed by atoms with van der Waals surface area (Å²) in [6.45, 7) is 6.02. The van der Waals surface area contributed by atoms with Crippen molar-refractivity contribution < 1.29 is 14.1 Å². The lowest BCUT2D eigenvalue weighted by atomic mass is 9.97. The van der Waals surface area contributed by atoms with Crippen molar-refractivity contribution in [2.75, 3.05) is 19.7 Å². The minimum atomic E-state index is -0.0846. The van der Waals surface area contributed by atoms with Gasteiger partial charge in [-0.25, -0.2) is 0 Å². The van der Waals surface area contributed by atoms with Gasteiger partial charge in [-0.2, -0.15) is 4.98 Å². The highest BCUT2D eigenvalue weighted by Gasteiger charge is 2.33. The van der Waals surface area contributed by atoms with Crippen molar-refractivity contribution in [3.05, 3.63) is 11.7 Å². The molecule has 0 bridgehead atoms. The van der Waals surface area contributed by atoms with E-state index in [0.29, 0.717) is 25.0 Å². The molecule has 1 aliphatic carbocycles. The van der Waals surface area contributed by atoms with E-state index in [9.17, 15) is 4.79 Å². The number of carbonyl (C=O) groups is 1. The topological polar surface area (TPSA) is 68.5 Å². The van der Waals surface area contributed by atoms with Crippen molar-refractivity contribution in [3.8, 4) is 0 Å². The van der Waals surface area contributed by atoms with E-state index in [4.69, 9.17) is 9.26 Å². The lowest BCUT2D eigenvalue weighted by Crippen LogP contribution is -2.40. The van der Waals surface area contributed by atoms with E-state index < -0.39 is 0 Å². The lowest BCUT2D eigenvalue weighted by molar-refractivity contribution is -0.150. The summed E-state index contributed by atoms with van der Waals surface area (Å²) in [5, 5.41) is 4.07. The maximum Gasteiger partial charge on any atom is 0.310 e. The van der Waals surface area contributed by atoms with E-state index >= 15 is 0 Å². The van der Waals surface area contributed by atoms with E-state index in [1.165, 1.54) is 12.8 Å². The summed E-state index contributed by atoms with van der Waals surface area (Å²) in [6.07, 6.45) is 4.24. The van der Waals surface area contributed by atoms with E-state index in [-0.39, 0.29) is 17.9 Å². The Hall–Kier alpha value is -1.43. The molecule has 1 aliphatic heterocycles. The van der Waals surface area contributed by atoms with Gasteiger partial charge in [0.15, 0.2) is 5.82 Å². The van der Waals surface area contributed by atoms with Crippen LogP contribution in [-0.2, 0) is 9.53 Å². The standard InChI is InChI=1S/C15H23N3O3/c1-3-20-15(19)12-5-4-8-18(9-12)10(2)14-16-13(17-21-14)11-6-7-11/h10-12H,3-9H2,1-2H3. The summed E-state index contributed by atoms with van der Waals surface area (Å²) in [4.78, 5) is 18.7. The van der Waals surface area contributed by atoms with Crippen LogP contribution < -0.4 is 0 Å². The number of hydrogen-bond donors (Lipinski definition) is 0. The molecule has 0 amide bonds. The Morgan fingerprint density at radius 3 is 3.00 bits per heavy atom. The molecule has 0 aromatic carbocycles. The zero-order chi connectivity index (χ0) is 14.8. The van der Waals surface area contributed by atoms with Crippen LogP contribution in [-0.4, -0.2) is 40.7 Å². The van der Waals surface area contributed by atoms with Crippen molar-refractivity contribution in [2.45, 2.75) is 51.5 Å². The molecule has 2 fully saturated rings. The zero-order valence-electron chi connectivity index (χ0n) is 12.7. The molecule has 1 saturated heterocycles. The second-order valence-corrected chi connectivity index (χ2v) is 6.03. The van der Waals surface area contributed by atoms with E-state index in [1.807, 2.05) is 6.92 Å². The molecule has 0 N–H and O–H groups in total. The molecule has 1 aromatic heterocycles. The Morgan fingerprint density at radius 1 is 1.48 bits per heavy atom. The normalized spacial score (nSPS) is 24.8. The Labute approximate surface area is 124 Å². The van der Waals surface area contributed by atoms with Crippen molar-refractivity contribution in [1.29, 1.82) is 0 Å². The largest absolute Gasteiger partial charge is 0.466 e. The second kappa shape index (κ2) is 6.13. The second-order valence-electron chi connectivity index (χ2n) is 6.03. The van der Waals surface area contributed by atoms with Crippen LogP contribution in [0, 0.1) is 5.92 Å². The highest BCUT2D eigenvalue weighted by atomic mass is 16.5. The first-order valence-corrected chi connectivity index (χ1v) is 7.93. The monoisotopic (exact) mass is 293 g/mol. The first kappa shape index (κ1) is 14.5. The molecule has 116 valence electrons. The summed E-state index contributed by atoms with van der Waals surface area (Å²) < 4.78 is 10.5. The first-order chi connectivity index (χ1) is 10.2. The third-order valence-electron chi connectivity index (χ3n) is 4.38. The van der Waals surface area contributed by atoms with E-state index in [0.717, 1.165) is 25.2 Å². The molecular weight excluding hydrogens is 270 g/mol. The molecule has 0 spiro atoms. The van der Waals surface area contributed by atoms with Crippen LogP contribution in [0.4, 0.5) is 0 Å². The summed E-state index contributed by atoms with van der Waals surface area (Å²) in [5.74, 6) is 1.89. The number of aromatic nitrogens is 2. The summed E-state index contributed by atoms with van der Waals surface area (Å²) in [6, 6.07) is 0.0576. The van der Waals surface area contributed by atoms with Crippen LogP contribution in [0.1, 0.15) is 63.2 Å². The zero-order valence-corrected chi connectivity index (χ0v) is 12.7. The maximum atomic E-state index is 11.9. The van der Waals surface area contributed by atoms with Gasteiger partial charge in [0.25, 0.3) is 0 Å². The number of likely N-dealkylation sites (tertiary alicyclic amines) is 1. The predicted octanol–water partition coefficient (Wildman–Crippen LogP) is 2.28. The average Bonchev–Trinajstić information content (AvgIpc) is 3.24. The van der Waals surface area contributed by atoms with E-state index in [2.05, 4.69) is 22.0 Å². The van der Waals surface area contributed by atoms with Gasteiger partial charge >= 0.3 is 5.97 Å². The highest BCUT2D eigenvalue weighted by Crippen LogP contribution is 2.38. The van der Waals surface area contributed by atoms with Gasteiger partial charge in [0.2, 0.25) is 5.89 Å². The van der Waals surface area contributed by atoms with Crippen LogP contribution in [0.15, 0.2) is 4.52 Å². The summed E-state index contributed by atoms with van der Waals surface area (Å²) in [5.41, 5.74) is 0. The Bertz CT molecular complexity index is 498. The molecule has 1 aromatic rings. The molecule has 2 heterocycles. The van der Waals surface area contributed by atoms with Gasteiger partial charge in [0.1, 0.15) is 0 Å². The molecule has 6 heteroatoms. The molecular formula is C15H23N3O3. The van der Waals surface area contributed by atoms with E-state index in [1.54, 1.807) is 0 Å². The van der Waals surface area contributed by atoms with Crippen LogP contribution >= 0.6 is 0 Å². The van der Waals surface area contributed by atoms with Crippen LogP contribution in [0.2, 0.25) is 0 Å². The van der Waals surface area contributed by atoms with Crippen molar-refractivity contribution in [1.82, 2.24) is 15.0 Å². The van der Waals surface area contributed by atoms with Crippen molar-refractivity contribution >= 4 is 5.97 Å². The van der Waals surface area contributed by atoms with Crippen LogP contribution in [0.25, 0.3) is 0 Å². The number of piperidine rings is 1. The quantitative estimate of drug-likeness (QED) is 0.776. The molecule has 3 rings (SSSR count). The fourth-order valence-corrected chi connectivity index (χ4v) is 2.89. The number of carbonyl (C=O) groups excluding carboxylic acids is 1. The average molecular weight is 293 g/mol. The van der Waals surface area contributed by atoms with Crippen molar-refractivity contribution in [2.24, 2.45) is 5.92 Å². The number of ether oxygens (including phenoxy) is 1. The molecule has 0 radical (unpaired) electrons. The molecule has 1 saturated carbocycles. The Kier molecular flexibility index (Phi) is 4.24. The number of hydrogen-bond acceptors (Lipinski definition) is 6. The summed E-state index contributed by atoms with van der Waals surface area (Å²) in [7, 11) is 0. The molecule has 2 unspecified atom stereocenters. The van der Waals surface area contributed by atoms with Gasteiger partial charge in [0, 0.05) is 12.5 Å². The minimum Gasteiger partial charge on any atom is -0.466 e. The number of nitrogens with zero attached hydrogens (tertiary/aromatic N) is 3. The number of esters is 1. The maximum absolute atomic E-state index is 11.9. The van der Waals surface area contributed by atoms with Gasteiger partial charge < -0.3 is 9.26 Å². The van der Waals surface area contributed by atoms with Crippen LogP contribution in [0.3, 0.4) is 0 Å². The van der Waals surface area contributed by atoms with Gasteiger partial charge in [-0.15, -0.1) is 0 Å². The predicted molar refractivity (Wildman–Crippen MR) is 75.6 cm³/mol. The summed E-state index contributed by atoms with van der Waals surface area (Å²) >= 11 is 0. The SMILES string of the molecule is CCOC(=O)C1CCCN(C(C)c2nc(C3CC3)no2)C1. The van der Waals surface area contributed by atoms with Crippen molar-refractivity contribution in [3.63, 3.8) is 0 Å². The van der Waals surface area contributed by atoms with Gasteiger partial charge in [-0.1, -0.05) is 5.16 Å². The third-order valence-corrected chi connectivity index (χ3v) is 4.38. The van der Waals surface area contributed by atoms with Gasteiger partial charge in [0.05, 0.1) is 18.6 Å². The molecule has 21 heavy (non-hydrogen) atoms. The minimum absolute atomic E-state index is 0.0352. The smallest absolute Gasteiger partial charge is 0.310 e. The van der Waals surface area contributed by atoms with Gasteiger partial charge in [-0.3, -0.25) is 9.69 Å².